The molecule has 0 bridgehead atoms. The Labute approximate surface area is 110 Å². The molecule has 0 aliphatic carbocycles. The largest absolute Gasteiger partial charge is 0.418 e. The van der Waals surface area contributed by atoms with E-state index in [1.54, 1.807) is 11.9 Å². The van der Waals surface area contributed by atoms with Crippen molar-refractivity contribution in [2.75, 3.05) is 30.8 Å². The number of rotatable bonds is 3. The molecular formula is C13H17F3N2O. The van der Waals surface area contributed by atoms with Crippen molar-refractivity contribution in [2.45, 2.75) is 25.1 Å². The van der Waals surface area contributed by atoms with Gasteiger partial charge in [0.1, 0.15) is 0 Å². The summed E-state index contributed by atoms with van der Waals surface area (Å²) in [4.78, 5) is 1.58. The fraction of sp³-hybridized carbons (Fsp3) is 0.538. The van der Waals surface area contributed by atoms with Crippen LogP contribution in [0.25, 0.3) is 0 Å². The van der Waals surface area contributed by atoms with Crippen molar-refractivity contribution in [3.05, 3.63) is 23.8 Å². The van der Waals surface area contributed by atoms with Crippen molar-refractivity contribution < 1.29 is 17.9 Å². The number of hydrogen-bond acceptors (Lipinski definition) is 3. The molecule has 1 heterocycles. The third-order valence-corrected chi connectivity index (χ3v) is 3.24. The number of nitrogens with two attached hydrogens (primary N) is 1. The van der Waals surface area contributed by atoms with Gasteiger partial charge in [-0.1, -0.05) is 0 Å². The second-order valence-electron chi connectivity index (χ2n) is 4.79. The Morgan fingerprint density at radius 2 is 2.16 bits per heavy atom. The SMILES string of the molecule is CN(CC1CCCO1)c1ccc(N)cc1C(F)(F)F. The van der Waals surface area contributed by atoms with Gasteiger partial charge in [0.05, 0.1) is 11.7 Å². The van der Waals surface area contributed by atoms with E-state index in [2.05, 4.69) is 0 Å². The predicted octanol–water partition coefficient (Wildman–Crippen LogP) is 2.90. The van der Waals surface area contributed by atoms with Gasteiger partial charge >= 0.3 is 6.18 Å². The van der Waals surface area contributed by atoms with Crippen LogP contribution in [0.5, 0.6) is 0 Å². The summed E-state index contributed by atoms with van der Waals surface area (Å²) in [5.74, 6) is 0. The number of halogens is 3. The molecule has 1 saturated heterocycles. The number of likely N-dealkylation sites (N-methyl/N-ethyl adjacent to an activating group) is 1. The lowest BCUT2D eigenvalue weighted by atomic mass is 10.1. The summed E-state index contributed by atoms with van der Waals surface area (Å²) in [7, 11) is 1.64. The minimum Gasteiger partial charge on any atom is -0.399 e. The first-order valence-electron chi connectivity index (χ1n) is 6.17. The fourth-order valence-electron chi connectivity index (χ4n) is 2.31. The Hall–Kier alpha value is -1.43. The zero-order chi connectivity index (χ0) is 14.0. The van der Waals surface area contributed by atoms with Crippen LogP contribution in [0.3, 0.4) is 0 Å². The summed E-state index contributed by atoms with van der Waals surface area (Å²) in [5.41, 5.74) is 4.99. The van der Waals surface area contributed by atoms with Gasteiger partial charge < -0.3 is 15.4 Å². The molecule has 3 nitrogen and oxygen atoms in total. The van der Waals surface area contributed by atoms with Crippen LogP contribution < -0.4 is 10.6 Å². The van der Waals surface area contributed by atoms with Crippen LogP contribution >= 0.6 is 0 Å². The minimum atomic E-state index is -4.41. The standard InChI is InChI=1S/C13H17F3N2O/c1-18(8-10-3-2-6-19-10)12-5-4-9(17)7-11(12)13(14,15)16/h4-5,7,10H,2-3,6,8,17H2,1H3. The molecule has 1 aliphatic heterocycles. The van der Waals surface area contributed by atoms with E-state index in [4.69, 9.17) is 10.5 Å². The lowest BCUT2D eigenvalue weighted by molar-refractivity contribution is -0.137. The molecule has 1 atom stereocenters. The third-order valence-electron chi connectivity index (χ3n) is 3.24. The average molecular weight is 274 g/mol. The molecule has 1 unspecified atom stereocenters. The number of nitrogen functional groups attached to an aromatic ring is 1. The van der Waals surface area contributed by atoms with Gasteiger partial charge in [-0.25, -0.2) is 0 Å². The van der Waals surface area contributed by atoms with Crippen LogP contribution in [0.1, 0.15) is 18.4 Å². The molecule has 1 fully saturated rings. The van der Waals surface area contributed by atoms with E-state index in [9.17, 15) is 13.2 Å². The molecule has 1 aliphatic rings. The van der Waals surface area contributed by atoms with E-state index in [1.165, 1.54) is 12.1 Å². The van der Waals surface area contributed by atoms with Gasteiger partial charge in [-0.3, -0.25) is 0 Å². The highest BCUT2D eigenvalue weighted by molar-refractivity contribution is 5.60. The minimum absolute atomic E-state index is 0.00337. The highest BCUT2D eigenvalue weighted by Gasteiger charge is 2.35. The Balaban J connectivity index is 2.22. The Kier molecular flexibility index (Phi) is 3.89. The summed E-state index contributed by atoms with van der Waals surface area (Å²) < 4.78 is 44.4. The van der Waals surface area contributed by atoms with Crippen LogP contribution in [0.2, 0.25) is 0 Å². The van der Waals surface area contributed by atoms with Crippen LogP contribution in [0.15, 0.2) is 18.2 Å². The summed E-state index contributed by atoms with van der Waals surface area (Å²) >= 11 is 0. The van der Waals surface area contributed by atoms with Crippen molar-refractivity contribution in [1.82, 2.24) is 0 Å². The first kappa shape index (κ1) is 14.0. The van der Waals surface area contributed by atoms with Crippen LogP contribution in [-0.4, -0.2) is 26.3 Å². The summed E-state index contributed by atoms with van der Waals surface area (Å²) in [6.45, 7) is 1.14. The molecule has 1 aromatic rings. The molecule has 0 saturated carbocycles. The molecule has 0 radical (unpaired) electrons. The molecule has 0 aromatic heterocycles. The second-order valence-corrected chi connectivity index (χ2v) is 4.79. The van der Waals surface area contributed by atoms with E-state index in [1.807, 2.05) is 0 Å². The molecule has 0 amide bonds. The van der Waals surface area contributed by atoms with E-state index in [0.29, 0.717) is 13.2 Å². The maximum atomic E-state index is 13.0. The maximum Gasteiger partial charge on any atom is 0.418 e. The first-order valence-corrected chi connectivity index (χ1v) is 6.17. The number of benzene rings is 1. The Morgan fingerprint density at radius 3 is 2.74 bits per heavy atom. The third kappa shape index (κ3) is 3.32. The summed E-state index contributed by atoms with van der Waals surface area (Å²) in [6.07, 6.45) is -2.55. The lowest BCUT2D eigenvalue weighted by Gasteiger charge is -2.26. The number of anilines is 2. The molecule has 2 N–H and O–H groups in total. The molecule has 106 valence electrons. The second kappa shape index (κ2) is 5.28. The number of nitrogens with zero attached hydrogens (tertiary/aromatic N) is 1. The topological polar surface area (TPSA) is 38.5 Å². The normalized spacial score (nSPS) is 19.7. The molecule has 2 rings (SSSR count). The Bertz CT molecular complexity index is 442. The van der Waals surface area contributed by atoms with Crippen molar-refractivity contribution in [2.24, 2.45) is 0 Å². The van der Waals surface area contributed by atoms with Gasteiger partial charge in [-0.15, -0.1) is 0 Å². The van der Waals surface area contributed by atoms with E-state index in [-0.39, 0.29) is 17.5 Å². The predicted molar refractivity (Wildman–Crippen MR) is 68.1 cm³/mol. The number of hydrogen-bond donors (Lipinski definition) is 1. The molecular weight excluding hydrogens is 257 g/mol. The maximum absolute atomic E-state index is 13.0. The highest BCUT2D eigenvalue weighted by atomic mass is 19.4. The van der Waals surface area contributed by atoms with E-state index in [0.717, 1.165) is 18.9 Å². The van der Waals surface area contributed by atoms with Crippen molar-refractivity contribution >= 4 is 11.4 Å². The average Bonchev–Trinajstić information content (AvgIpc) is 2.80. The Morgan fingerprint density at radius 1 is 1.42 bits per heavy atom. The smallest absolute Gasteiger partial charge is 0.399 e. The first-order chi connectivity index (χ1) is 8.88. The summed E-state index contributed by atoms with van der Waals surface area (Å²) in [6, 6.07) is 3.87. The van der Waals surface area contributed by atoms with Gasteiger partial charge in [-0.2, -0.15) is 13.2 Å². The summed E-state index contributed by atoms with van der Waals surface area (Å²) in [5, 5.41) is 0. The zero-order valence-electron chi connectivity index (χ0n) is 10.7. The van der Waals surface area contributed by atoms with E-state index >= 15 is 0 Å². The van der Waals surface area contributed by atoms with Crippen LogP contribution in [-0.2, 0) is 10.9 Å². The van der Waals surface area contributed by atoms with Gasteiger partial charge in [0.25, 0.3) is 0 Å². The highest BCUT2D eigenvalue weighted by Crippen LogP contribution is 2.37. The van der Waals surface area contributed by atoms with Gasteiger partial charge in [-0.05, 0) is 31.0 Å². The van der Waals surface area contributed by atoms with Gasteiger partial charge in [0, 0.05) is 31.6 Å². The molecule has 0 spiro atoms. The lowest BCUT2D eigenvalue weighted by Crippen LogP contribution is -2.30. The monoisotopic (exact) mass is 274 g/mol. The molecule has 1 aromatic carbocycles. The van der Waals surface area contributed by atoms with Crippen LogP contribution in [0, 0.1) is 0 Å². The number of ether oxygens (including phenoxy) is 1. The quantitative estimate of drug-likeness (QED) is 0.861. The zero-order valence-corrected chi connectivity index (χ0v) is 10.7. The molecule has 19 heavy (non-hydrogen) atoms. The van der Waals surface area contributed by atoms with Gasteiger partial charge in [0.2, 0.25) is 0 Å². The van der Waals surface area contributed by atoms with Crippen molar-refractivity contribution in [3.8, 4) is 0 Å². The fourth-order valence-corrected chi connectivity index (χ4v) is 2.31. The van der Waals surface area contributed by atoms with Crippen molar-refractivity contribution in [1.29, 1.82) is 0 Å². The van der Waals surface area contributed by atoms with Gasteiger partial charge in [0.15, 0.2) is 0 Å². The number of alkyl halides is 3. The van der Waals surface area contributed by atoms with E-state index < -0.39 is 11.7 Å². The van der Waals surface area contributed by atoms with Crippen molar-refractivity contribution in [3.63, 3.8) is 0 Å². The van der Waals surface area contributed by atoms with Crippen LogP contribution in [0.4, 0.5) is 24.5 Å². The molecule has 6 heteroatoms.